The summed E-state index contributed by atoms with van der Waals surface area (Å²) in [4.78, 5) is 28.4. The molecule has 0 unspecified atom stereocenters. The zero-order chi connectivity index (χ0) is 17.5. The molecule has 1 N–H and O–H groups in total. The van der Waals surface area contributed by atoms with E-state index in [9.17, 15) is 9.59 Å². The second-order valence-electron chi connectivity index (χ2n) is 6.25. The van der Waals surface area contributed by atoms with Crippen LogP contribution in [0, 0.1) is 0 Å². The largest absolute Gasteiger partial charge is 0.453 e. The van der Waals surface area contributed by atoms with E-state index in [4.69, 9.17) is 20.8 Å². The van der Waals surface area contributed by atoms with Gasteiger partial charge in [0.05, 0.1) is 10.8 Å². The Balaban J connectivity index is 2.05. The molecule has 0 aliphatic rings. The van der Waals surface area contributed by atoms with Crippen LogP contribution in [0.1, 0.15) is 20.8 Å². The van der Waals surface area contributed by atoms with E-state index in [-0.39, 0.29) is 16.2 Å². The van der Waals surface area contributed by atoms with Crippen molar-refractivity contribution >= 4 is 45.3 Å². The van der Waals surface area contributed by atoms with Crippen LogP contribution < -0.4 is 10.7 Å². The fraction of sp³-hybridized carbons (Fsp3) is 0.235. The highest BCUT2D eigenvalue weighted by Crippen LogP contribution is 2.25. The standard InChI is InChI=1S/C17H15ClN2O4/c1-17(2,3)24-16(22)20-9-4-5-12-11(8-9)13(21)10-6-7-19-15(18)14(10)23-12/h4-8H,1-3H3,(H,20,22). The molecule has 0 saturated heterocycles. The number of anilines is 1. The first kappa shape index (κ1) is 16.3. The molecule has 6 nitrogen and oxygen atoms in total. The van der Waals surface area contributed by atoms with Gasteiger partial charge in [-0.2, -0.15) is 0 Å². The maximum absolute atomic E-state index is 12.6. The summed E-state index contributed by atoms with van der Waals surface area (Å²) in [5, 5.41) is 3.39. The van der Waals surface area contributed by atoms with E-state index in [1.807, 2.05) is 0 Å². The van der Waals surface area contributed by atoms with Crippen molar-refractivity contribution in [2.75, 3.05) is 5.32 Å². The number of amides is 1. The van der Waals surface area contributed by atoms with Crippen LogP contribution in [0.2, 0.25) is 5.15 Å². The van der Waals surface area contributed by atoms with E-state index in [0.29, 0.717) is 22.0 Å². The quantitative estimate of drug-likeness (QED) is 0.523. The first-order chi connectivity index (χ1) is 11.2. The fourth-order valence-corrected chi connectivity index (χ4v) is 2.45. The van der Waals surface area contributed by atoms with Gasteiger partial charge < -0.3 is 9.15 Å². The molecule has 0 aliphatic heterocycles. The maximum atomic E-state index is 12.6. The molecular formula is C17H15ClN2O4. The van der Waals surface area contributed by atoms with Crippen LogP contribution in [-0.2, 0) is 4.74 Å². The number of pyridine rings is 1. The molecule has 0 atom stereocenters. The Kier molecular flexibility index (Phi) is 3.93. The highest BCUT2D eigenvalue weighted by molar-refractivity contribution is 6.33. The van der Waals surface area contributed by atoms with Crippen LogP contribution in [0.4, 0.5) is 10.5 Å². The molecule has 24 heavy (non-hydrogen) atoms. The zero-order valence-electron chi connectivity index (χ0n) is 13.3. The number of nitrogens with zero attached hydrogens (tertiary/aromatic N) is 1. The van der Waals surface area contributed by atoms with Crippen molar-refractivity contribution < 1.29 is 13.9 Å². The molecule has 0 spiro atoms. The van der Waals surface area contributed by atoms with Crippen molar-refractivity contribution in [2.45, 2.75) is 26.4 Å². The predicted octanol–water partition coefficient (Wildman–Crippen LogP) is 4.34. The van der Waals surface area contributed by atoms with Crippen molar-refractivity contribution in [3.63, 3.8) is 0 Å². The zero-order valence-corrected chi connectivity index (χ0v) is 14.1. The summed E-state index contributed by atoms with van der Waals surface area (Å²) in [5.74, 6) is 0. The summed E-state index contributed by atoms with van der Waals surface area (Å²) in [6, 6.07) is 6.29. The number of nitrogens with one attached hydrogen (secondary N) is 1. The number of halogens is 1. The Bertz CT molecular complexity index is 1010. The molecule has 0 saturated carbocycles. The van der Waals surface area contributed by atoms with Gasteiger partial charge in [-0.25, -0.2) is 9.78 Å². The molecule has 0 radical (unpaired) electrons. The van der Waals surface area contributed by atoms with Gasteiger partial charge in [-0.1, -0.05) is 11.6 Å². The molecule has 0 fully saturated rings. The second kappa shape index (κ2) is 5.79. The number of aromatic nitrogens is 1. The van der Waals surface area contributed by atoms with Gasteiger partial charge in [0.25, 0.3) is 0 Å². The van der Waals surface area contributed by atoms with E-state index in [2.05, 4.69) is 10.3 Å². The lowest BCUT2D eigenvalue weighted by Crippen LogP contribution is -2.27. The third-order valence-electron chi connectivity index (χ3n) is 3.19. The molecule has 3 rings (SSSR count). The highest BCUT2D eigenvalue weighted by Gasteiger charge is 2.17. The van der Waals surface area contributed by atoms with E-state index in [1.165, 1.54) is 6.20 Å². The third kappa shape index (κ3) is 3.19. The summed E-state index contributed by atoms with van der Waals surface area (Å²) in [7, 11) is 0. The minimum absolute atomic E-state index is 0.127. The summed E-state index contributed by atoms with van der Waals surface area (Å²) in [5.41, 5.74) is 0.175. The summed E-state index contributed by atoms with van der Waals surface area (Å²) in [6.07, 6.45) is 0.843. The Morgan fingerprint density at radius 2 is 2.00 bits per heavy atom. The van der Waals surface area contributed by atoms with Gasteiger partial charge in [0.15, 0.2) is 10.7 Å². The lowest BCUT2D eigenvalue weighted by Gasteiger charge is -2.19. The average molecular weight is 347 g/mol. The van der Waals surface area contributed by atoms with Crippen molar-refractivity contribution in [1.82, 2.24) is 4.98 Å². The topological polar surface area (TPSA) is 81.4 Å². The van der Waals surface area contributed by atoms with Crippen molar-refractivity contribution in [3.05, 3.63) is 45.8 Å². The van der Waals surface area contributed by atoms with E-state index in [1.54, 1.807) is 45.0 Å². The molecule has 124 valence electrons. The van der Waals surface area contributed by atoms with Gasteiger partial charge in [-0.15, -0.1) is 0 Å². The molecular weight excluding hydrogens is 332 g/mol. The maximum Gasteiger partial charge on any atom is 0.412 e. The molecule has 3 aromatic rings. The Morgan fingerprint density at radius 1 is 1.25 bits per heavy atom. The fourth-order valence-electron chi connectivity index (χ4n) is 2.25. The lowest BCUT2D eigenvalue weighted by molar-refractivity contribution is 0.0636. The molecule has 0 aliphatic carbocycles. The average Bonchev–Trinajstić information content (AvgIpc) is 2.47. The summed E-state index contributed by atoms with van der Waals surface area (Å²) >= 11 is 5.97. The molecule has 1 aromatic carbocycles. The number of carbonyl (C=O) groups excluding carboxylic acids is 1. The van der Waals surface area contributed by atoms with Gasteiger partial charge in [0, 0.05) is 11.9 Å². The van der Waals surface area contributed by atoms with Gasteiger partial charge in [0.1, 0.15) is 11.2 Å². The van der Waals surface area contributed by atoms with Crippen molar-refractivity contribution in [1.29, 1.82) is 0 Å². The number of rotatable bonds is 1. The minimum Gasteiger partial charge on any atom is -0.453 e. The number of hydrogen-bond donors (Lipinski definition) is 1. The molecule has 2 aromatic heterocycles. The SMILES string of the molecule is CC(C)(C)OC(=O)Nc1ccc2oc3c(Cl)nccc3c(=O)c2c1. The normalized spacial score (nSPS) is 11.7. The third-order valence-corrected chi connectivity index (χ3v) is 3.46. The predicted molar refractivity (Wildman–Crippen MR) is 92.7 cm³/mol. The Morgan fingerprint density at radius 3 is 2.71 bits per heavy atom. The molecule has 7 heteroatoms. The van der Waals surface area contributed by atoms with Crippen LogP contribution in [0.25, 0.3) is 21.9 Å². The van der Waals surface area contributed by atoms with Gasteiger partial charge in [0.2, 0.25) is 5.43 Å². The second-order valence-corrected chi connectivity index (χ2v) is 6.61. The first-order valence-electron chi connectivity index (χ1n) is 7.26. The summed E-state index contributed by atoms with van der Waals surface area (Å²) < 4.78 is 10.9. The highest BCUT2D eigenvalue weighted by atomic mass is 35.5. The Labute approximate surface area is 142 Å². The number of carbonyl (C=O) groups is 1. The lowest BCUT2D eigenvalue weighted by atomic mass is 10.1. The van der Waals surface area contributed by atoms with Crippen molar-refractivity contribution in [3.8, 4) is 0 Å². The van der Waals surface area contributed by atoms with E-state index in [0.717, 1.165) is 0 Å². The van der Waals surface area contributed by atoms with Crippen molar-refractivity contribution in [2.24, 2.45) is 0 Å². The Hall–Kier alpha value is -2.60. The van der Waals surface area contributed by atoms with E-state index >= 15 is 0 Å². The van der Waals surface area contributed by atoms with Crippen LogP contribution in [0.15, 0.2) is 39.7 Å². The van der Waals surface area contributed by atoms with E-state index < -0.39 is 11.7 Å². The van der Waals surface area contributed by atoms with Crippen LogP contribution in [0.5, 0.6) is 0 Å². The number of benzene rings is 1. The minimum atomic E-state index is -0.611. The monoisotopic (exact) mass is 346 g/mol. The molecule has 2 heterocycles. The molecule has 0 bridgehead atoms. The smallest absolute Gasteiger partial charge is 0.412 e. The van der Waals surface area contributed by atoms with Crippen LogP contribution >= 0.6 is 11.6 Å². The van der Waals surface area contributed by atoms with Crippen LogP contribution in [-0.4, -0.2) is 16.7 Å². The first-order valence-corrected chi connectivity index (χ1v) is 7.63. The van der Waals surface area contributed by atoms with Gasteiger partial charge >= 0.3 is 6.09 Å². The molecule has 1 amide bonds. The van der Waals surface area contributed by atoms with Crippen LogP contribution in [0.3, 0.4) is 0 Å². The summed E-state index contributed by atoms with van der Waals surface area (Å²) in [6.45, 7) is 5.31. The number of fused-ring (bicyclic) bond motifs is 2. The van der Waals surface area contributed by atoms with Gasteiger partial charge in [-0.05, 0) is 45.0 Å². The number of hydrogen-bond acceptors (Lipinski definition) is 5. The number of ether oxygens (including phenoxy) is 1. The van der Waals surface area contributed by atoms with Gasteiger partial charge in [-0.3, -0.25) is 10.1 Å².